The molecule has 1 N–H and O–H groups in total. The minimum absolute atomic E-state index is 0.508. The lowest BCUT2D eigenvalue weighted by Gasteiger charge is -2.27. The lowest BCUT2D eigenvalue weighted by molar-refractivity contribution is 0.0545. The molecule has 34 heavy (non-hydrogen) atoms. The van der Waals surface area contributed by atoms with E-state index in [-0.39, 0.29) is 0 Å². The summed E-state index contributed by atoms with van der Waals surface area (Å²) in [5, 5.41) is 18.7. The molecule has 3 aliphatic rings. The predicted molar refractivity (Wildman–Crippen MR) is 135 cm³/mol. The van der Waals surface area contributed by atoms with Gasteiger partial charge in [0.15, 0.2) is 0 Å². The summed E-state index contributed by atoms with van der Waals surface area (Å²) in [6.45, 7) is 9.99. The standard InChI is InChI=1S/C27H36N6O/c1-17-10-26(29-30-27(17)23-4-5-25-24(18(23)2)16-32(3)31-25)28-22-11-20-14-33(15-21(20)12-22)13-19-6-8-34-9-7-19/h4-5,10,16,19-22H,6-9,11-15H2,1-3H3,(H,28,29)/t20-,21?,22+/m1/s1. The molecule has 2 saturated heterocycles. The third kappa shape index (κ3) is 4.20. The maximum atomic E-state index is 5.53. The van der Waals surface area contributed by atoms with Gasteiger partial charge in [-0.15, -0.1) is 10.2 Å². The van der Waals surface area contributed by atoms with E-state index in [4.69, 9.17) is 4.74 Å². The van der Waals surface area contributed by atoms with Crippen LogP contribution < -0.4 is 5.32 Å². The number of likely N-dealkylation sites (tertiary alicyclic amines) is 1. The van der Waals surface area contributed by atoms with Gasteiger partial charge < -0.3 is 15.0 Å². The van der Waals surface area contributed by atoms with Crippen LogP contribution in [-0.2, 0) is 11.8 Å². The largest absolute Gasteiger partial charge is 0.381 e. The minimum atomic E-state index is 0.508. The fraction of sp³-hybridized carbons (Fsp3) is 0.593. The number of benzene rings is 1. The highest BCUT2D eigenvalue weighted by atomic mass is 16.5. The average Bonchev–Trinajstić information content (AvgIpc) is 3.48. The summed E-state index contributed by atoms with van der Waals surface area (Å²) in [6.07, 6.45) is 7.04. The van der Waals surface area contributed by atoms with Crippen LogP contribution in [0.5, 0.6) is 0 Å². The zero-order valence-electron chi connectivity index (χ0n) is 20.6. The summed E-state index contributed by atoms with van der Waals surface area (Å²) in [5.41, 5.74) is 5.48. The first-order valence-corrected chi connectivity index (χ1v) is 12.9. The number of hydrogen-bond donors (Lipinski definition) is 1. The summed E-state index contributed by atoms with van der Waals surface area (Å²) < 4.78 is 7.40. The Morgan fingerprint density at radius 1 is 1.06 bits per heavy atom. The molecule has 180 valence electrons. The first-order chi connectivity index (χ1) is 16.5. The molecule has 6 rings (SSSR count). The van der Waals surface area contributed by atoms with E-state index in [9.17, 15) is 0 Å². The van der Waals surface area contributed by atoms with Gasteiger partial charge in [0.2, 0.25) is 0 Å². The number of aromatic nitrogens is 4. The fourth-order valence-corrected chi connectivity index (χ4v) is 6.60. The monoisotopic (exact) mass is 460 g/mol. The Hall–Kier alpha value is -2.51. The Morgan fingerprint density at radius 2 is 1.82 bits per heavy atom. The van der Waals surface area contributed by atoms with Crippen molar-refractivity contribution in [2.45, 2.75) is 45.6 Å². The molecule has 2 aromatic heterocycles. The van der Waals surface area contributed by atoms with Crippen molar-refractivity contribution in [1.29, 1.82) is 0 Å². The second-order valence-electron chi connectivity index (χ2n) is 10.8. The van der Waals surface area contributed by atoms with E-state index >= 15 is 0 Å². The number of nitrogens with one attached hydrogen (secondary N) is 1. The highest BCUT2D eigenvalue weighted by molar-refractivity contribution is 5.88. The minimum Gasteiger partial charge on any atom is -0.381 e. The smallest absolute Gasteiger partial charge is 0.149 e. The van der Waals surface area contributed by atoms with Crippen molar-refractivity contribution in [3.63, 3.8) is 0 Å². The van der Waals surface area contributed by atoms with Crippen molar-refractivity contribution in [2.24, 2.45) is 24.8 Å². The van der Waals surface area contributed by atoms with Crippen LogP contribution in [0.3, 0.4) is 0 Å². The van der Waals surface area contributed by atoms with Crippen molar-refractivity contribution in [2.75, 3.05) is 38.2 Å². The SMILES string of the molecule is Cc1cc(N[C@@H]2CC3CN(CC4CCOCC4)C[C@H]3C2)nnc1-c1ccc2nn(C)cc2c1C. The number of aryl methyl sites for hydroxylation is 3. The van der Waals surface area contributed by atoms with Crippen molar-refractivity contribution >= 4 is 16.7 Å². The average molecular weight is 461 g/mol. The number of nitrogens with zero attached hydrogens (tertiary/aromatic N) is 5. The van der Waals surface area contributed by atoms with Gasteiger partial charge in [-0.05, 0) is 80.5 Å². The fourth-order valence-electron chi connectivity index (χ4n) is 6.60. The lowest BCUT2D eigenvalue weighted by atomic mass is 9.99. The van der Waals surface area contributed by atoms with Gasteiger partial charge in [0.25, 0.3) is 0 Å². The number of rotatable bonds is 5. The number of anilines is 1. The molecule has 4 heterocycles. The summed E-state index contributed by atoms with van der Waals surface area (Å²) in [6, 6.07) is 6.88. The molecule has 0 amide bonds. The van der Waals surface area contributed by atoms with Gasteiger partial charge >= 0.3 is 0 Å². The second-order valence-corrected chi connectivity index (χ2v) is 10.8. The molecule has 0 bridgehead atoms. The van der Waals surface area contributed by atoms with Crippen molar-refractivity contribution in [3.05, 3.63) is 35.5 Å². The van der Waals surface area contributed by atoms with Crippen LogP contribution in [-0.4, -0.2) is 63.8 Å². The molecular weight excluding hydrogens is 424 g/mol. The number of fused-ring (bicyclic) bond motifs is 2. The predicted octanol–water partition coefficient (Wildman–Crippen LogP) is 4.20. The molecule has 1 unspecified atom stereocenters. The van der Waals surface area contributed by atoms with Gasteiger partial charge in [-0.1, -0.05) is 6.07 Å². The summed E-state index contributed by atoms with van der Waals surface area (Å²) in [5.74, 6) is 3.38. The van der Waals surface area contributed by atoms with Gasteiger partial charge in [-0.3, -0.25) is 4.68 Å². The van der Waals surface area contributed by atoms with Crippen LogP contribution in [0.2, 0.25) is 0 Å². The Balaban J connectivity index is 1.09. The molecule has 2 aliphatic heterocycles. The van der Waals surface area contributed by atoms with Gasteiger partial charge in [0, 0.05) is 63.1 Å². The first-order valence-electron chi connectivity index (χ1n) is 12.9. The Morgan fingerprint density at radius 3 is 2.56 bits per heavy atom. The quantitative estimate of drug-likeness (QED) is 0.616. The molecule has 7 heteroatoms. The third-order valence-electron chi connectivity index (χ3n) is 8.35. The third-order valence-corrected chi connectivity index (χ3v) is 8.35. The molecule has 1 saturated carbocycles. The van der Waals surface area contributed by atoms with Gasteiger partial charge in [-0.25, -0.2) is 0 Å². The highest BCUT2D eigenvalue weighted by Gasteiger charge is 2.41. The van der Waals surface area contributed by atoms with Crippen LogP contribution in [0.25, 0.3) is 22.2 Å². The zero-order valence-corrected chi connectivity index (χ0v) is 20.6. The summed E-state index contributed by atoms with van der Waals surface area (Å²) in [4.78, 5) is 2.72. The zero-order chi connectivity index (χ0) is 23.2. The van der Waals surface area contributed by atoms with Crippen molar-refractivity contribution in [1.82, 2.24) is 24.9 Å². The maximum absolute atomic E-state index is 5.53. The van der Waals surface area contributed by atoms with Crippen molar-refractivity contribution < 1.29 is 4.74 Å². The van der Waals surface area contributed by atoms with Crippen molar-refractivity contribution in [3.8, 4) is 11.3 Å². The second kappa shape index (κ2) is 8.93. The maximum Gasteiger partial charge on any atom is 0.149 e. The van der Waals surface area contributed by atoms with E-state index in [1.165, 1.54) is 56.3 Å². The van der Waals surface area contributed by atoms with Crippen LogP contribution in [0, 0.1) is 31.6 Å². The lowest BCUT2D eigenvalue weighted by Crippen LogP contribution is -2.32. The molecule has 3 atom stereocenters. The van der Waals surface area contributed by atoms with E-state index in [1.54, 1.807) is 0 Å². The topological polar surface area (TPSA) is 68.1 Å². The molecule has 1 aliphatic carbocycles. The van der Waals surface area contributed by atoms with E-state index in [1.807, 2.05) is 11.7 Å². The molecule has 1 aromatic carbocycles. The van der Waals surface area contributed by atoms with Gasteiger partial charge in [0.05, 0.1) is 11.2 Å². The van der Waals surface area contributed by atoms with Crippen LogP contribution >= 0.6 is 0 Å². The molecular formula is C27H36N6O. The van der Waals surface area contributed by atoms with E-state index in [0.29, 0.717) is 6.04 Å². The summed E-state index contributed by atoms with van der Waals surface area (Å²) in [7, 11) is 1.96. The van der Waals surface area contributed by atoms with Crippen LogP contribution in [0.4, 0.5) is 5.82 Å². The molecule has 3 fully saturated rings. The molecule has 0 radical (unpaired) electrons. The van der Waals surface area contributed by atoms with Gasteiger partial charge in [-0.2, -0.15) is 5.10 Å². The summed E-state index contributed by atoms with van der Waals surface area (Å²) >= 11 is 0. The van der Waals surface area contributed by atoms with E-state index < -0.39 is 0 Å². The normalized spacial score (nSPS) is 25.8. The molecule has 3 aromatic rings. The number of ether oxygens (including phenoxy) is 1. The Kier molecular flexibility index (Phi) is 5.77. The van der Waals surface area contributed by atoms with Crippen LogP contribution in [0.15, 0.2) is 24.4 Å². The van der Waals surface area contributed by atoms with E-state index in [0.717, 1.165) is 59.1 Å². The molecule has 7 nitrogen and oxygen atoms in total. The number of hydrogen-bond acceptors (Lipinski definition) is 6. The molecule has 0 spiro atoms. The first kappa shape index (κ1) is 22.0. The van der Waals surface area contributed by atoms with E-state index in [2.05, 4.69) is 63.8 Å². The highest BCUT2D eigenvalue weighted by Crippen LogP contribution is 2.40. The van der Waals surface area contributed by atoms with Crippen LogP contribution in [0.1, 0.15) is 36.8 Å². The van der Waals surface area contributed by atoms with Gasteiger partial charge in [0.1, 0.15) is 5.82 Å². The Labute approximate surface area is 201 Å². The Bertz CT molecular complexity index is 1170.